The minimum Gasteiger partial charge on any atom is -0.496 e. The van der Waals surface area contributed by atoms with E-state index in [0.29, 0.717) is 23.8 Å². The summed E-state index contributed by atoms with van der Waals surface area (Å²) in [6.07, 6.45) is 0.781. The van der Waals surface area contributed by atoms with E-state index >= 15 is 0 Å². The number of rotatable bonds is 6. The van der Waals surface area contributed by atoms with Crippen molar-refractivity contribution >= 4 is 11.7 Å². The standard InChI is InChI=1S/C16H18N2O3/c1-10-7-13(10)16(20)18-9-11-3-4-12(14(19)5-6-17)15(8-11)21-2/h3-4,8,10,13H,5,7,9H2,1-2H3,(H,18,20)/t10-,13?/m0/s1. The van der Waals surface area contributed by atoms with Gasteiger partial charge in [-0.25, -0.2) is 0 Å². The second kappa shape index (κ2) is 6.40. The zero-order valence-electron chi connectivity index (χ0n) is 12.2. The number of methoxy groups -OCH3 is 1. The van der Waals surface area contributed by atoms with E-state index in [1.165, 1.54) is 7.11 Å². The number of nitriles is 1. The Bertz CT molecular complexity index is 604. The van der Waals surface area contributed by atoms with Crippen molar-refractivity contribution < 1.29 is 14.3 Å². The number of ketones is 1. The summed E-state index contributed by atoms with van der Waals surface area (Å²) in [7, 11) is 1.48. The lowest BCUT2D eigenvalue weighted by Crippen LogP contribution is -2.24. The molecule has 0 heterocycles. The van der Waals surface area contributed by atoms with Crippen LogP contribution in [0.4, 0.5) is 0 Å². The fraction of sp³-hybridized carbons (Fsp3) is 0.438. The Morgan fingerprint density at radius 2 is 2.19 bits per heavy atom. The van der Waals surface area contributed by atoms with Gasteiger partial charge in [0.1, 0.15) is 5.75 Å². The van der Waals surface area contributed by atoms with Crippen LogP contribution in [0.3, 0.4) is 0 Å². The summed E-state index contributed by atoms with van der Waals surface area (Å²) in [5, 5.41) is 11.5. The van der Waals surface area contributed by atoms with E-state index in [0.717, 1.165) is 12.0 Å². The second-order valence-corrected chi connectivity index (χ2v) is 5.33. The molecule has 1 saturated carbocycles. The topological polar surface area (TPSA) is 79.2 Å². The van der Waals surface area contributed by atoms with Crippen LogP contribution in [0.25, 0.3) is 0 Å². The quantitative estimate of drug-likeness (QED) is 0.812. The number of hydrogen-bond donors (Lipinski definition) is 1. The van der Waals surface area contributed by atoms with E-state index in [-0.39, 0.29) is 24.0 Å². The molecule has 0 aromatic heterocycles. The summed E-state index contributed by atoms with van der Waals surface area (Å²) in [4.78, 5) is 23.5. The molecule has 1 amide bonds. The summed E-state index contributed by atoms with van der Waals surface area (Å²) in [5.41, 5.74) is 1.26. The Hall–Kier alpha value is -2.35. The van der Waals surface area contributed by atoms with Crippen LogP contribution in [0.1, 0.15) is 35.7 Å². The lowest BCUT2D eigenvalue weighted by atomic mass is 10.0. The van der Waals surface area contributed by atoms with Gasteiger partial charge < -0.3 is 10.1 Å². The zero-order valence-corrected chi connectivity index (χ0v) is 12.2. The minimum atomic E-state index is -0.267. The highest BCUT2D eigenvalue weighted by molar-refractivity contribution is 5.99. The molecule has 0 spiro atoms. The molecular formula is C16H18N2O3. The number of nitrogens with one attached hydrogen (secondary N) is 1. The van der Waals surface area contributed by atoms with Crippen molar-refractivity contribution in [1.82, 2.24) is 5.32 Å². The average Bonchev–Trinajstić information content (AvgIpc) is 3.21. The van der Waals surface area contributed by atoms with E-state index in [9.17, 15) is 9.59 Å². The molecule has 0 saturated heterocycles. The van der Waals surface area contributed by atoms with E-state index in [2.05, 4.69) is 12.2 Å². The molecule has 0 bridgehead atoms. The van der Waals surface area contributed by atoms with Crippen LogP contribution >= 0.6 is 0 Å². The fourth-order valence-corrected chi connectivity index (χ4v) is 2.25. The molecule has 1 aliphatic carbocycles. The Balaban J connectivity index is 2.03. The first-order valence-electron chi connectivity index (χ1n) is 6.91. The molecule has 5 heteroatoms. The minimum absolute atomic E-state index is 0.0751. The largest absolute Gasteiger partial charge is 0.496 e. The maximum Gasteiger partial charge on any atom is 0.223 e. The van der Waals surface area contributed by atoms with Crippen molar-refractivity contribution in [2.24, 2.45) is 11.8 Å². The molecular weight excluding hydrogens is 268 g/mol. The van der Waals surface area contributed by atoms with Gasteiger partial charge in [-0.3, -0.25) is 9.59 Å². The molecule has 110 valence electrons. The van der Waals surface area contributed by atoms with Crippen LogP contribution in [-0.4, -0.2) is 18.8 Å². The number of amides is 1. The summed E-state index contributed by atoms with van der Waals surface area (Å²) >= 11 is 0. The predicted octanol–water partition coefficient (Wildman–Crippen LogP) is 2.06. The molecule has 1 fully saturated rings. The van der Waals surface area contributed by atoms with Gasteiger partial charge in [0.2, 0.25) is 5.91 Å². The third-order valence-electron chi connectivity index (χ3n) is 3.72. The van der Waals surface area contributed by atoms with Crippen molar-refractivity contribution in [3.05, 3.63) is 29.3 Å². The summed E-state index contributed by atoms with van der Waals surface area (Å²) < 4.78 is 5.19. The number of hydrogen-bond acceptors (Lipinski definition) is 4. The molecule has 1 N–H and O–H groups in total. The van der Waals surface area contributed by atoms with Gasteiger partial charge in [0.15, 0.2) is 5.78 Å². The van der Waals surface area contributed by atoms with Gasteiger partial charge in [-0.2, -0.15) is 5.26 Å². The molecule has 5 nitrogen and oxygen atoms in total. The smallest absolute Gasteiger partial charge is 0.223 e. The number of benzene rings is 1. The first-order chi connectivity index (χ1) is 10.1. The average molecular weight is 286 g/mol. The maximum absolute atomic E-state index is 11.8. The molecule has 1 aromatic carbocycles. The number of carbonyl (C=O) groups is 2. The molecule has 1 aliphatic rings. The van der Waals surface area contributed by atoms with Crippen molar-refractivity contribution in [1.29, 1.82) is 5.26 Å². The lowest BCUT2D eigenvalue weighted by molar-refractivity contribution is -0.122. The molecule has 2 atom stereocenters. The highest BCUT2D eigenvalue weighted by Crippen LogP contribution is 2.37. The van der Waals surface area contributed by atoms with Gasteiger partial charge in [0, 0.05) is 12.5 Å². The summed E-state index contributed by atoms with van der Waals surface area (Å²) in [5.74, 6) is 0.860. The maximum atomic E-state index is 11.8. The first kappa shape index (κ1) is 15.0. The van der Waals surface area contributed by atoms with Gasteiger partial charge in [0.25, 0.3) is 0 Å². The third-order valence-corrected chi connectivity index (χ3v) is 3.72. The number of ether oxygens (including phenoxy) is 1. The van der Waals surface area contributed by atoms with Crippen molar-refractivity contribution in [2.45, 2.75) is 26.3 Å². The molecule has 1 aromatic rings. The number of carbonyl (C=O) groups excluding carboxylic acids is 2. The normalized spacial score (nSPS) is 19.5. The molecule has 1 unspecified atom stereocenters. The Labute approximate surface area is 123 Å². The molecule has 0 radical (unpaired) electrons. The molecule has 2 rings (SSSR count). The van der Waals surface area contributed by atoms with Gasteiger partial charge in [-0.15, -0.1) is 0 Å². The van der Waals surface area contributed by atoms with Crippen LogP contribution in [0, 0.1) is 23.2 Å². The zero-order chi connectivity index (χ0) is 15.4. The Kier molecular flexibility index (Phi) is 4.59. The van der Waals surface area contributed by atoms with E-state index in [4.69, 9.17) is 10.00 Å². The summed E-state index contributed by atoms with van der Waals surface area (Å²) in [6, 6.07) is 6.96. The van der Waals surface area contributed by atoms with Gasteiger partial charge in [-0.05, 0) is 30.0 Å². The predicted molar refractivity (Wildman–Crippen MR) is 76.7 cm³/mol. The van der Waals surface area contributed by atoms with Crippen LogP contribution in [0.2, 0.25) is 0 Å². The second-order valence-electron chi connectivity index (χ2n) is 5.33. The highest BCUT2D eigenvalue weighted by Gasteiger charge is 2.38. The van der Waals surface area contributed by atoms with Crippen molar-refractivity contribution in [2.75, 3.05) is 7.11 Å². The fourth-order valence-electron chi connectivity index (χ4n) is 2.25. The van der Waals surface area contributed by atoms with E-state index in [1.54, 1.807) is 18.2 Å². The Morgan fingerprint density at radius 3 is 2.76 bits per heavy atom. The Morgan fingerprint density at radius 1 is 1.48 bits per heavy atom. The molecule has 21 heavy (non-hydrogen) atoms. The van der Waals surface area contributed by atoms with Crippen LogP contribution in [-0.2, 0) is 11.3 Å². The summed E-state index contributed by atoms with van der Waals surface area (Å²) in [6.45, 7) is 2.47. The van der Waals surface area contributed by atoms with Crippen molar-refractivity contribution in [3.63, 3.8) is 0 Å². The van der Waals surface area contributed by atoms with Crippen LogP contribution in [0.5, 0.6) is 5.75 Å². The highest BCUT2D eigenvalue weighted by atomic mass is 16.5. The van der Waals surface area contributed by atoms with E-state index in [1.807, 2.05) is 6.07 Å². The van der Waals surface area contributed by atoms with Crippen molar-refractivity contribution in [3.8, 4) is 11.8 Å². The lowest BCUT2D eigenvalue weighted by Gasteiger charge is -2.10. The molecule has 0 aliphatic heterocycles. The first-order valence-corrected chi connectivity index (χ1v) is 6.91. The van der Waals surface area contributed by atoms with Gasteiger partial charge in [-0.1, -0.05) is 13.0 Å². The van der Waals surface area contributed by atoms with E-state index < -0.39 is 0 Å². The van der Waals surface area contributed by atoms with Crippen LogP contribution in [0.15, 0.2) is 18.2 Å². The number of Topliss-reactive ketones (excluding diaryl/α,β-unsaturated/α-hetero) is 1. The SMILES string of the molecule is COc1cc(CNC(=O)C2C[C@@H]2C)ccc1C(=O)CC#N. The van der Waals surface area contributed by atoms with Crippen LogP contribution < -0.4 is 10.1 Å². The third kappa shape index (κ3) is 3.60. The van der Waals surface area contributed by atoms with Gasteiger partial charge in [0.05, 0.1) is 25.2 Å². The van der Waals surface area contributed by atoms with Gasteiger partial charge >= 0.3 is 0 Å². The number of nitrogens with zero attached hydrogens (tertiary/aromatic N) is 1. The monoisotopic (exact) mass is 286 g/mol.